The average Bonchev–Trinajstić information content (AvgIpc) is 2.00. The standard InChI is InChI=1S/C10H19NO3/c1-10(2,3)9(14)11(4)7-5-6-8(12)13/h5-7H2,1-4H3,(H,12,13). The van der Waals surface area contributed by atoms with Gasteiger partial charge in [0.15, 0.2) is 0 Å². The van der Waals surface area contributed by atoms with Gasteiger partial charge in [-0.1, -0.05) is 20.8 Å². The first-order valence-electron chi connectivity index (χ1n) is 4.72. The van der Waals surface area contributed by atoms with E-state index in [9.17, 15) is 9.59 Å². The summed E-state index contributed by atoms with van der Waals surface area (Å²) in [5, 5.41) is 8.42. The van der Waals surface area contributed by atoms with Crippen LogP contribution in [0.1, 0.15) is 33.6 Å². The summed E-state index contributed by atoms with van der Waals surface area (Å²) in [4.78, 5) is 23.4. The minimum Gasteiger partial charge on any atom is -0.481 e. The Hall–Kier alpha value is -1.06. The van der Waals surface area contributed by atoms with E-state index in [2.05, 4.69) is 0 Å². The Kier molecular flexibility index (Phi) is 4.60. The van der Waals surface area contributed by atoms with Crippen LogP contribution in [0.2, 0.25) is 0 Å². The molecule has 0 spiro atoms. The van der Waals surface area contributed by atoms with Gasteiger partial charge in [-0.15, -0.1) is 0 Å². The molecule has 0 saturated carbocycles. The summed E-state index contributed by atoms with van der Waals surface area (Å²) in [6, 6.07) is 0. The monoisotopic (exact) mass is 201 g/mol. The SMILES string of the molecule is CN(CCCC(=O)O)C(=O)C(C)(C)C. The van der Waals surface area contributed by atoms with E-state index in [-0.39, 0.29) is 12.3 Å². The number of amides is 1. The Morgan fingerprint density at radius 1 is 1.29 bits per heavy atom. The summed E-state index contributed by atoms with van der Waals surface area (Å²) in [5.74, 6) is -0.774. The van der Waals surface area contributed by atoms with Crippen molar-refractivity contribution in [3.63, 3.8) is 0 Å². The summed E-state index contributed by atoms with van der Waals surface area (Å²) in [6.07, 6.45) is 0.620. The lowest BCUT2D eigenvalue weighted by Crippen LogP contribution is -2.37. The smallest absolute Gasteiger partial charge is 0.303 e. The second kappa shape index (κ2) is 4.98. The summed E-state index contributed by atoms with van der Waals surface area (Å²) in [5.41, 5.74) is -0.391. The molecule has 1 N–H and O–H groups in total. The van der Waals surface area contributed by atoms with Crippen LogP contribution in [0.4, 0.5) is 0 Å². The molecule has 0 radical (unpaired) electrons. The number of aliphatic carboxylic acids is 1. The summed E-state index contributed by atoms with van der Waals surface area (Å²) < 4.78 is 0. The van der Waals surface area contributed by atoms with E-state index in [0.29, 0.717) is 13.0 Å². The van der Waals surface area contributed by atoms with E-state index < -0.39 is 11.4 Å². The molecule has 0 aliphatic heterocycles. The molecule has 82 valence electrons. The number of carboxylic acid groups (broad SMARTS) is 1. The van der Waals surface area contributed by atoms with Crippen molar-refractivity contribution in [2.75, 3.05) is 13.6 Å². The number of carbonyl (C=O) groups excluding carboxylic acids is 1. The van der Waals surface area contributed by atoms with Crippen molar-refractivity contribution in [2.45, 2.75) is 33.6 Å². The zero-order chi connectivity index (χ0) is 11.4. The largest absolute Gasteiger partial charge is 0.481 e. The highest BCUT2D eigenvalue weighted by atomic mass is 16.4. The van der Waals surface area contributed by atoms with Crippen LogP contribution in [0.25, 0.3) is 0 Å². The lowest BCUT2D eigenvalue weighted by Gasteiger charge is -2.25. The highest BCUT2D eigenvalue weighted by molar-refractivity contribution is 5.81. The molecule has 0 heterocycles. The molecule has 0 aromatic rings. The number of hydrogen-bond acceptors (Lipinski definition) is 2. The van der Waals surface area contributed by atoms with Gasteiger partial charge in [-0.05, 0) is 6.42 Å². The lowest BCUT2D eigenvalue weighted by molar-refractivity contribution is -0.140. The topological polar surface area (TPSA) is 57.6 Å². The lowest BCUT2D eigenvalue weighted by atomic mass is 9.95. The van der Waals surface area contributed by atoms with Crippen molar-refractivity contribution >= 4 is 11.9 Å². The normalized spacial score (nSPS) is 11.1. The van der Waals surface area contributed by atoms with E-state index in [1.807, 2.05) is 20.8 Å². The third kappa shape index (κ3) is 4.84. The Morgan fingerprint density at radius 2 is 1.79 bits per heavy atom. The number of carboxylic acids is 1. The fraction of sp³-hybridized carbons (Fsp3) is 0.800. The van der Waals surface area contributed by atoms with E-state index in [1.165, 1.54) is 0 Å². The Labute approximate surface area is 84.9 Å². The van der Waals surface area contributed by atoms with Gasteiger partial charge in [0.05, 0.1) is 0 Å². The van der Waals surface area contributed by atoms with Gasteiger partial charge in [-0.25, -0.2) is 0 Å². The van der Waals surface area contributed by atoms with Gasteiger partial charge in [-0.2, -0.15) is 0 Å². The summed E-state index contributed by atoms with van der Waals surface area (Å²) >= 11 is 0. The van der Waals surface area contributed by atoms with Crippen LogP contribution in [-0.2, 0) is 9.59 Å². The van der Waals surface area contributed by atoms with Crippen molar-refractivity contribution in [2.24, 2.45) is 5.41 Å². The van der Waals surface area contributed by atoms with E-state index in [4.69, 9.17) is 5.11 Å². The van der Waals surface area contributed by atoms with Crippen LogP contribution < -0.4 is 0 Å². The third-order valence-electron chi connectivity index (χ3n) is 1.87. The fourth-order valence-corrected chi connectivity index (χ4v) is 1.14. The zero-order valence-corrected chi connectivity index (χ0v) is 9.33. The maximum atomic E-state index is 11.6. The third-order valence-corrected chi connectivity index (χ3v) is 1.87. The molecule has 4 nitrogen and oxygen atoms in total. The number of rotatable bonds is 4. The first kappa shape index (κ1) is 12.9. The van der Waals surface area contributed by atoms with E-state index >= 15 is 0 Å². The maximum absolute atomic E-state index is 11.6. The van der Waals surface area contributed by atoms with Crippen molar-refractivity contribution in [3.8, 4) is 0 Å². The fourth-order valence-electron chi connectivity index (χ4n) is 1.14. The minimum atomic E-state index is -0.818. The zero-order valence-electron chi connectivity index (χ0n) is 9.33. The van der Waals surface area contributed by atoms with Gasteiger partial charge < -0.3 is 10.0 Å². The predicted molar refractivity (Wildman–Crippen MR) is 54.0 cm³/mol. The first-order valence-corrected chi connectivity index (χ1v) is 4.72. The molecule has 1 amide bonds. The molecular weight excluding hydrogens is 182 g/mol. The molecule has 0 aliphatic carbocycles. The summed E-state index contributed by atoms with van der Waals surface area (Å²) in [6.45, 7) is 6.05. The first-order chi connectivity index (χ1) is 6.25. The molecule has 0 rings (SSSR count). The molecule has 0 bridgehead atoms. The van der Waals surface area contributed by atoms with Crippen LogP contribution in [0.3, 0.4) is 0 Å². The maximum Gasteiger partial charge on any atom is 0.303 e. The average molecular weight is 201 g/mol. The van der Waals surface area contributed by atoms with Crippen LogP contribution in [0.15, 0.2) is 0 Å². The number of nitrogens with zero attached hydrogens (tertiary/aromatic N) is 1. The Balaban J connectivity index is 3.91. The van der Waals surface area contributed by atoms with Crippen molar-refractivity contribution in [1.29, 1.82) is 0 Å². The molecule has 4 heteroatoms. The van der Waals surface area contributed by atoms with Gasteiger partial charge >= 0.3 is 5.97 Å². The molecule has 0 atom stereocenters. The highest BCUT2D eigenvalue weighted by Crippen LogP contribution is 2.16. The second-order valence-corrected chi connectivity index (χ2v) is 4.47. The predicted octanol–water partition coefficient (Wildman–Crippen LogP) is 1.36. The molecule has 0 saturated heterocycles. The molecule has 0 fully saturated rings. The molecule has 0 aliphatic rings. The molecule has 14 heavy (non-hydrogen) atoms. The molecule has 0 unspecified atom stereocenters. The van der Waals surface area contributed by atoms with Gasteiger partial charge in [0.2, 0.25) is 5.91 Å². The van der Waals surface area contributed by atoms with Gasteiger partial charge in [0, 0.05) is 25.4 Å². The van der Waals surface area contributed by atoms with Crippen molar-refractivity contribution in [1.82, 2.24) is 4.90 Å². The van der Waals surface area contributed by atoms with Crippen LogP contribution >= 0.6 is 0 Å². The van der Waals surface area contributed by atoms with E-state index in [0.717, 1.165) is 0 Å². The van der Waals surface area contributed by atoms with Crippen molar-refractivity contribution < 1.29 is 14.7 Å². The molecule has 0 aromatic carbocycles. The van der Waals surface area contributed by atoms with Gasteiger partial charge in [0.25, 0.3) is 0 Å². The number of hydrogen-bond donors (Lipinski definition) is 1. The number of carbonyl (C=O) groups is 2. The van der Waals surface area contributed by atoms with Crippen LogP contribution in [0.5, 0.6) is 0 Å². The van der Waals surface area contributed by atoms with Crippen LogP contribution in [-0.4, -0.2) is 35.5 Å². The highest BCUT2D eigenvalue weighted by Gasteiger charge is 2.24. The quantitative estimate of drug-likeness (QED) is 0.747. The summed E-state index contributed by atoms with van der Waals surface area (Å²) in [7, 11) is 1.70. The molecular formula is C10H19NO3. The second-order valence-electron chi connectivity index (χ2n) is 4.47. The molecule has 0 aromatic heterocycles. The van der Waals surface area contributed by atoms with Crippen LogP contribution in [0, 0.1) is 5.41 Å². The Morgan fingerprint density at radius 3 is 2.14 bits per heavy atom. The van der Waals surface area contributed by atoms with Crippen molar-refractivity contribution in [3.05, 3.63) is 0 Å². The Bertz CT molecular complexity index is 218. The van der Waals surface area contributed by atoms with E-state index in [1.54, 1.807) is 11.9 Å². The van der Waals surface area contributed by atoms with Gasteiger partial charge in [0.1, 0.15) is 0 Å². The van der Waals surface area contributed by atoms with Gasteiger partial charge in [-0.3, -0.25) is 9.59 Å². The minimum absolute atomic E-state index is 0.0443.